The minimum absolute atomic E-state index is 0.401. The number of aliphatic hydroxyl groups excluding tert-OH is 1. The highest BCUT2D eigenvalue weighted by molar-refractivity contribution is 5.82. The quantitative estimate of drug-likeness (QED) is 0.746. The first kappa shape index (κ1) is 12.9. The molecule has 0 aromatic heterocycles. The number of carbonyl (C=O) groups is 1. The third-order valence-corrected chi connectivity index (χ3v) is 3.66. The lowest BCUT2D eigenvalue weighted by molar-refractivity contribution is -0.147. The summed E-state index contributed by atoms with van der Waals surface area (Å²) >= 11 is 0. The average molecular weight is 249 g/mol. The van der Waals surface area contributed by atoms with E-state index in [1.165, 1.54) is 0 Å². The fraction of sp³-hybridized carbons (Fsp3) is 0.500. The van der Waals surface area contributed by atoms with E-state index in [1.54, 1.807) is 6.92 Å². The Labute approximate surface area is 107 Å². The van der Waals surface area contributed by atoms with Gasteiger partial charge in [0.1, 0.15) is 0 Å². The highest BCUT2D eigenvalue weighted by Crippen LogP contribution is 2.44. The SMILES string of the molecule is CC(O)CNc1ccc(C2(C(=O)O)CCC2)cc1. The van der Waals surface area contributed by atoms with Crippen LogP contribution in [0.1, 0.15) is 31.7 Å². The van der Waals surface area contributed by atoms with Gasteiger partial charge in [0.2, 0.25) is 0 Å². The Bertz CT molecular complexity index is 421. The van der Waals surface area contributed by atoms with Gasteiger partial charge in [0.15, 0.2) is 0 Å². The van der Waals surface area contributed by atoms with Crippen LogP contribution in [0.4, 0.5) is 5.69 Å². The van der Waals surface area contributed by atoms with E-state index in [4.69, 9.17) is 0 Å². The molecule has 0 saturated heterocycles. The predicted octanol–water partition coefficient (Wildman–Crippen LogP) is 1.99. The molecule has 1 aliphatic rings. The van der Waals surface area contributed by atoms with Crippen LogP contribution < -0.4 is 5.32 Å². The molecule has 0 radical (unpaired) electrons. The number of rotatable bonds is 5. The number of nitrogens with one attached hydrogen (secondary N) is 1. The molecule has 1 fully saturated rings. The fourth-order valence-electron chi connectivity index (χ4n) is 2.33. The zero-order valence-electron chi connectivity index (χ0n) is 10.5. The Kier molecular flexibility index (Phi) is 3.57. The van der Waals surface area contributed by atoms with E-state index in [0.29, 0.717) is 6.54 Å². The van der Waals surface area contributed by atoms with E-state index in [0.717, 1.165) is 30.5 Å². The van der Waals surface area contributed by atoms with Crippen LogP contribution >= 0.6 is 0 Å². The molecule has 1 aromatic carbocycles. The number of hydrogen-bond acceptors (Lipinski definition) is 3. The van der Waals surface area contributed by atoms with Crippen molar-refractivity contribution in [3.8, 4) is 0 Å². The summed E-state index contributed by atoms with van der Waals surface area (Å²) in [7, 11) is 0. The molecule has 0 bridgehead atoms. The van der Waals surface area contributed by atoms with Gasteiger partial charge in [0, 0.05) is 12.2 Å². The van der Waals surface area contributed by atoms with Gasteiger partial charge in [-0.15, -0.1) is 0 Å². The van der Waals surface area contributed by atoms with E-state index in [9.17, 15) is 15.0 Å². The van der Waals surface area contributed by atoms with Crippen LogP contribution in [-0.2, 0) is 10.2 Å². The molecule has 1 saturated carbocycles. The molecular formula is C14H19NO3. The van der Waals surface area contributed by atoms with Crippen LogP contribution in [0.25, 0.3) is 0 Å². The Morgan fingerprint density at radius 1 is 1.39 bits per heavy atom. The van der Waals surface area contributed by atoms with E-state index in [1.807, 2.05) is 24.3 Å². The maximum Gasteiger partial charge on any atom is 0.314 e. The molecule has 0 spiro atoms. The molecule has 0 aliphatic heterocycles. The Balaban J connectivity index is 2.10. The number of hydrogen-bond donors (Lipinski definition) is 3. The second-order valence-corrected chi connectivity index (χ2v) is 5.05. The molecule has 18 heavy (non-hydrogen) atoms. The topological polar surface area (TPSA) is 69.6 Å². The standard InChI is InChI=1S/C14H19NO3/c1-10(16)9-15-12-5-3-11(4-6-12)14(13(17)18)7-2-8-14/h3-6,10,15-16H,2,7-9H2,1H3,(H,17,18). The summed E-state index contributed by atoms with van der Waals surface area (Å²) in [6.45, 7) is 2.21. The van der Waals surface area contributed by atoms with E-state index in [2.05, 4.69) is 5.32 Å². The lowest BCUT2D eigenvalue weighted by Crippen LogP contribution is -2.42. The Morgan fingerprint density at radius 3 is 2.39 bits per heavy atom. The first-order valence-corrected chi connectivity index (χ1v) is 6.30. The minimum atomic E-state index is -0.724. The van der Waals surface area contributed by atoms with Crippen molar-refractivity contribution in [1.82, 2.24) is 0 Å². The maximum atomic E-state index is 11.4. The minimum Gasteiger partial charge on any atom is -0.481 e. The van der Waals surface area contributed by atoms with Gasteiger partial charge in [-0.25, -0.2) is 0 Å². The van der Waals surface area contributed by atoms with E-state index >= 15 is 0 Å². The third kappa shape index (κ3) is 2.34. The van der Waals surface area contributed by atoms with Gasteiger partial charge in [-0.2, -0.15) is 0 Å². The van der Waals surface area contributed by atoms with Gasteiger partial charge >= 0.3 is 5.97 Å². The first-order chi connectivity index (χ1) is 8.54. The zero-order chi connectivity index (χ0) is 13.2. The second-order valence-electron chi connectivity index (χ2n) is 5.05. The Hall–Kier alpha value is -1.55. The molecule has 4 nitrogen and oxygen atoms in total. The van der Waals surface area contributed by atoms with Crippen LogP contribution in [0.3, 0.4) is 0 Å². The normalized spacial score (nSPS) is 18.8. The van der Waals surface area contributed by atoms with Crippen LogP contribution in [0, 0.1) is 0 Å². The number of anilines is 1. The van der Waals surface area contributed by atoms with Crippen molar-refractivity contribution in [2.75, 3.05) is 11.9 Å². The number of carboxylic acids is 1. The second kappa shape index (κ2) is 4.98. The molecule has 1 unspecified atom stereocenters. The van der Waals surface area contributed by atoms with Gasteiger partial charge < -0.3 is 15.5 Å². The molecule has 2 rings (SSSR count). The maximum absolute atomic E-state index is 11.4. The average Bonchev–Trinajstić information content (AvgIpc) is 2.26. The van der Waals surface area contributed by atoms with Crippen molar-refractivity contribution in [2.45, 2.75) is 37.7 Å². The molecule has 4 heteroatoms. The first-order valence-electron chi connectivity index (χ1n) is 6.30. The summed E-state index contributed by atoms with van der Waals surface area (Å²) in [5.74, 6) is -0.724. The number of benzene rings is 1. The smallest absolute Gasteiger partial charge is 0.314 e. The van der Waals surface area contributed by atoms with Gasteiger partial charge in [-0.1, -0.05) is 18.6 Å². The molecule has 1 aromatic rings. The van der Waals surface area contributed by atoms with Gasteiger partial charge in [0.05, 0.1) is 11.5 Å². The van der Waals surface area contributed by atoms with Crippen LogP contribution in [-0.4, -0.2) is 28.8 Å². The summed E-state index contributed by atoms with van der Waals surface area (Å²) < 4.78 is 0. The highest BCUT2D eigenvalue weighted by Gasteiger charge is 2.45. The lowest BCUT2D eigenvalue weighted by Gasteiger charge is -2.38. The van der Waals surface area contributed by atoms with Gasteiger partial charge in [-0.3, -0.25) is 4.79 Å². The van der Waals surface area contributed by atoms with Gasteiger partial charge in [0.25, 0.3) is 0 Å². The lowest BCUT2D eigenvalue weighted by atomic mass is 9.64. The van der Waals surface area contributed by atoms with Gasteiger partial charge in [-0.05, 0) is 37.5 Å². The summed E-state index contributed by atoms with van der Waals surface area (Å²) in [6.07, 6.45) is 2.03. The molecule has 3 N–H and O–H groups in total. The molecule has 0 heterocycles. The van der Waals surface area contributed by atoms with Crippen molar-refractivity contribution < 1.29 is 15.0 Å². The molecule has 98 valence electrons. The number of aliphatic hydroxyl groups is 1. The van der Waals surface area contributed by atoms with Crippen molar-refractivity contribution in [3.63, 3.8) is 0 Å². The predicted molar refractivity (Wildman–Crippen MR) is 69.8 cm³/mol. The van der Waals surface area contributed by atoms with E-state index < -0.39 is 17.5 Å². The number of carboxylic acid groups (broad SMARTS) is 1. The number of aliphatic carboxylic acids is 1. The summed E-state index contributed by atoms with van der Waals surface area (Å²) in [5, 5.41) is 21.6. The summed E-state index contributed by atoms with van der Waals surface area (Å²) in [4.78, 5) is 11.4. The summed E-state index contributed by atoms with van der Waals surface area (Å²) in [6, 6.07) is 7.50. The highest BCUT2D eigenvalue weighted by atomic mass is 16.4. The summed E-state index contributed by atoms with van der Waals surface area (Å²) in [5.41, 5.74) is 1.12. The van der Waals surface area contributed by atoms with Crippen molar-refractivity contribution in [2.24, 2.45) is 0 Å². The van der Waals surface area contributed by atoms with Crippen molar-refractivity contribution in [1.29, 1.82) is 0 Å². The fourth-order valence-corrected chi connectivity index (χ4v) is 2.33. The van der Waals surface area contributed by atoms with E-state index in [-0.39, 0.29) is 0 Å². The molecule has 1 atom stereocenters. The zero-order valence-corrected chi connectivity index (χ0v) is 10.5. The molecule has 1 aliphatic carbocycles. The Morgan fingerprint density at radius 2 is 2.00 bits per heavy atom. The van der Waals surface area contributed by atoms with Crippen LogP contribution in [0.5, 0.6) is 0 Å². The largest absolute Gasteiger partial charge is 0.481 e. The van der Waals surface area contributed by atoms with Crippen molar-refractivity contribution in [3.05, 3.63) is 29.8 Å². The van der Waals surface area contributed by atoms with Crippen LogP contribution in [0.15, 0.2) is 24.3 Å². The molecular weight excluding hydrogens is 230 g/mol. The van der Waals surface area contributed by atoms with Crippen LogP contribution in [0.2, 0.25) is 0 Å². The molecule has 0 amide bonds. The monoisotopic (exact) mass is 249 g/mol. The van der Waals surface area contributed by atoms with Crippen molar-refractivity contribution >= 4 is 11.7 Å². The third-order valence-electron chi connectivity index (χ3n) is 3.66.